The second-order valence-electron chi connectivity index (χ2n) is 6.94. The van der Waals surface area contributed by atoms with Crippen LogP contribution >= 0.6 is 0 Å². The molecule has 0 unspecified atom stereocenters. The van der Waals surface area contributed by atoms with E-state index in [1.54, 1.807) is 31.2 Å². The maximum atomic E-state index is 13.1. The van der Waals surface area contributed by atoms with Crippen LogP contribution in [0.2, 0.25) is 0 Å². The minimum atomic E-state index is -0.260. The summed E-state index contributed by atoms with van der Waals surface area (Å²) in [5, 5.41) is 7.57. The molecule has 7 heteroatoms. The molecule has 2 aromatic carbocycles. The minimum absolute atomic E-state index is 0.260. The van der Waals surface area contributed by atoms with Gasteiger partial charge in [0, 0.05) is 24.4 Å². The summed E-state index contributed by atoms with van der Waals surface area (Å²) in [6.45, 7) is 2.15. The number of aryl methyl sites for hydroxylation is 1. The molecule has 0 saturated heterocycles. The van der Waals surface area contributed by atoms with Crippen LogP contribution in [0, 0.1) is 6.92 Å². The number of nitrogens with one attached hydrogen (secondary N) is 1. The molecule has 158 valence electrons. The second kappa shape index (κ2) is 8.79. The molecule has 7 nitrogen and oxygen atoms in total. The first kappa shape index (κ1) is 20.3. The van der Waals surface area contributed by atoms with E-state index >= 15 is 0 Å². The first-order chi connectivity index (χ1) is 15.1. The molecule has 4 rings (SSSR count). The van der Waals surface area contributed by atoms with Crippen molar-refractivity contribution in [1.29, 1.82) is 0 Å². The van der Waals surface area contributed by atoms with E-state index in [0.29, 0.717) is 35.1 Å². The predicted octanol–water partition coefficient (Wildman–Crippen LogP) is 4.39. The zero-order valence-corrected chi connectivity index (χ0v) is 17.6. The molecule has 0 atom stereocenters. The number of rotatable bonds is 7. The number of hydrogen-bond donors (Lipinski definition) is 1. The molecule has 0 aliphatic rings. The number of carbonyl (C=O) groups excluding carboxylic acids is 1. The number of carbonyl (C=O) groups is 1. The number of methoxy groups -OCH3 is 2. The van der Waals surface area contributed by atoms with E-state index in [4.69, 9.17) is 13.9 Å². The normalized spacial score (nSPS) is 10.7. The van der Waals surface area contributed by atoms with Gasteiger partial charge in [0.25, 0.3) is 5.91 Å². The highest BCUT2D eigenvalue weighted by Crippen LogP contribution is 2.27. The van der Waals surface area contributed by atoms with E-state index in [0.717, 1.165) is 17.0 Å². The maximum absolute atomic E-state index is 13.1. The molecule has 0 fully saturated rings. The van der Waals surface area contributed by atoms with Crippen molar-refractivity contribution in [2.45, 2.75) is 13.5 Å². The Morgan fingerprint density at radius 2 is 1.87 bits per heavy atom. The highest BCUT2D eigenvalue weighted by Gasteiger charge is 2.21. The Balaban J connectivity index is 1.63. The van der Waals surface area contributed by atoms with Gasteiger partial charge in [-0.3, -0.25) is 4.79 Å². The smallest absolute Gasteiger partial charge is 0.255 e. The van der Waals surface area contributed by atoms with Crippen LogP contribution < -0.4 is 14.8 Å². The molecule has 0 aliphatic carbocycles. The van der Waals surface area contributed by atoms with Gasteiger partial charge >= 0.3 is 0 Å². The zero-order chi connectivity index (χ0) is 21.8. The average Bonchev–Trinajstić information content (AvgIpc) is 3.44. The molecule has 2 heterocycles. The van der Waals surface area contributed by atoms with Gasteiger partial charge in [-0.25, -0.2) is 4.68 Å². The van der Waals surface area contributed by atoms with Crippen LogP contribution in [0.1, 0.15) is 21.7 Å². The Bertz CT molecular complexity index is 1190. The first-order valence-electron chi connectivity index (χ1n) is 9.80. The molecule has 0 bridgehead atoms. The molecule has 4 aromatic rings. The topological polar surface area (TPSA) is 78.5 Å². The SMILES string of the molecule is COc1ccc(CNC(=O)c2cn(-c3ccccc3)nc2-c2ccc(C)o2)c(OC)c1. The van der Waals surface area contributed by atoms with Gasteiger partial charge in [-0.2, -0.15) is 5.10 Å². The molecule has 0 aliphatic heterocycles. The van der Waals surface area contributed by atoms with Crippen LogP contribution in [0.3, 0.4) is 0 Å². The largest absolute Gasteiger partial charge is 0.497 e. The number of ether oxygens (including phenoxy) is 2. The third-order valence-corrected chi connectivity index (χ3v) is 4.89. The third-order valence-electron chi connectivity index (χ3n) is 4.89. The summed E-state index contributed by atoms with van der Waals surface area (Å²) < 4.78 is 18.1. The lowest BCUT2D eigenvalue weighted by Crippen LogP contribution is -2.23. The number of para-hydroxylation sites is 1. The fourth-order valence-corrected chi connectivity index (χ4v) is 3.27. The van der Waals surface area contributed by atoms with E-state index < -0.39 is 0 Å². The van der Waals surface area contributed by atoms with Crippen LogP contribution in [0.5, 0.6) is 11.5 Å². The van der Waals surface area contributed by atoms with E-state index in [1.165, 1.54) is 0 Å². The Morgan fingerprint density at radius 3 is 2.55 bits per heavy atom. The van der Waals surface area contributed by atoms with Crippen molar-refractivity contribution in [3.63, 3.8) is 0 Å². The van der Waals surface area contributed by atoms with Gasteiger partial charge in [-0.05, 0) is 43.3 Å². The molecule has 0 radical (unpaired) electrons. The number of hydrogen-bond acceptors (Lipinski definition) is 5. The molecule has 1 amide bonds. The summed E-state index contributed by atoms with van der Waals surface area (Å²) >= 11 is 0. The van der Waals surface area contributed by atoms with Crippen molar-refractivity contribution in [2.24, 2.45) is 0 Å². The summed E-state index contributed by atoms with van der Waals surface area (Å²) in [6, 6.07) is 18.8. The summed E-state index contributed by atoms with van der Waals surface area (Å²) in [6.07, 6.45) is 1.71. The lowest BCUT2D eigenvalue weighted by molar-refractivity contribution is 0.0951. The van der Waals surface area contributed by atoms with Gasteiger partial charge in [0.15, 0.2) is 5.76 Å². The van der Waals surface area contributed by atoms with Crippen LogP contribution in [0.4, 0.5) is 0 Å². The van der Waals surface area contributed by atoms with Gasteiger partial charge in [-0.1, -0.05) is 18.2 Å². The molecule has 31 heavy (non-hydrogen) atoms. The Labute approximate surface area is 180 Å². The summed E-state index contributed by atoms with van der Waals surface area (Å²) in [7, 11) is 3.18. The number of benzene rings is 2. The van der Waals surface area contributed by atoms with Gasteiger partial charge in [-0.15, -0.1) is 0 Å². The Morgan fingerprint density at radius 1 is 1.06 bits per heavy atom. The van der Waals surface area contributed by atoms with E-state index in [9.17, 15) is 4.79 Å². The van der Waals surface area contributed by atoms with Crippen molar-refractivity contribution < 1.29 is 18.7 Å². The van der Waals surface area contributed by atoms with Crippen molar-refractivity contribution in [1.82, 2.24) is 15.1 Å². The lowest BCUT2D eigenvalue weighted by atomic mass is 10.1. The van der Waals surface area contributed by atoms with Crippen molar-refractivity contribution in [3.8, 4) is 28.6 Å². The van der Waals surface area contributed by atoms with E-state index in [1.807, 2.05) is 61.5 Å². The molecular formula is C24H23N3O4. The second-order valence-corrected chi connectivity index (χ2v) is 6.94. The van der Waals surface area contributed by atoms with E-state index in [2.05, 4.69) is 10.4 Å². The van der Waals surface area contributed by atoms with Crippen LogP contribution in [0.15, 0.2) is 71.3 Å². The third kappa shape index (κ3) is 4.30. The minimum Gasteiger partial charge on any atom is -0.497 e. The highest BCUT2D eigenvalue weighted by molar-refractivity contribution is 5.99. The van der Waals surface area contributed by atoms with Gasteiger partial charge in [0.1, 0.15) is 23.0 Å². The lowest BCUT2D eigenvalue weighted by Gasteiger charge is -2.11. The highest BCUT2D eigenvalue weighted by atomic mass is 16.5. The number of aromatic nitrogens is 2. The first-order valence-corrected chi connectivity index (χ1v) is 9.80. The average molecular weight is 417 g/mol. The zero-order valence-electron chi connectivity index (χ0n) is 17.6. The monoisotopic (exact) mass is 417 g/mol. The molecule has 0 saturated carbocycles. The molecule has 1 N–H and O–H groups in total. The van der Waals surface area contributed by atoms with Crippen molar-refractivity contribution in [2.75, 3.05) is 14.2 Å². The predicted molar refractivity (Wildman–Crippen MR) is 117 cm³/mol. The number of furan rings is 1. The fraction of sp³-hybridized carbons (Fsp3) is 0.167. The number of nitrogens with zero attached hydrogens (tertiary/aromatic N) is 2. The molecule has 0 spiro atoms. The van der Waals surface area contributed by atoms with Crippen molar-refractivity contribution >= 4 is 5.91 Å². The standard InChI is InChI=1S/C24H23N3O4/c1-16-9-12-21(31-16)23-20(15-27(26-23)18-7-5-4-6-8-18)24(28)25-14-17-10-11-19(29-2)13-22(17)30-3/h4-13,15H,14H2,1-3H3,(H,25,28). The molecular weight excluding hydrogens is 394 g/mol. The van der Waals surface area contributed by atoms with Gasteiger partial charge in [0.05, 0.1) is 25.5 Å². The van der Waals surface area contributed by atoms with Crippen LogP contribution in [-0.2, 0) is 6.54 Å². The Kier molecular flexibility index (Phi) is 5.75. The number of amides is 1. The van der Waals surface area contributed by atoms with Gasteiger partial charge in [0.2, 0.25) is 0 Å². The van der Waals surface area contributed by atoms with E-state index in [-0.39, 0.29) is 5.91 Å². The van der Waals surface area contributed by atoms with Crippen LogP contribution in [0.25, 0.3) is 17.1 Å². The van der Waals surface area contributed by atoms with Crippen LogP contribution in [-0.4, -0.2) is 29.9 Å². The van der Waals surface area contributed by atoms with Crippen molar-refractivity contribution in [3.05, 3.63) is 83.7 Å². The Hall–Kier alpha value is -4.00. The van der Waals surface area contributed by atoms with Gasteiger partial charge < -0.3 is 19.2 Å². The summed E-state index contributed by atoms with van der Waals surface area (Å²) in [5.74, 6) is 2.36. The fourth-order valence-electron chi connectivity index (χ4n) is 3.27. The maximum Gasteiger partial charge on any atom is 0.255 e. The molecule has 2 aromatic heterocycles. The quantitative estimate of drug-likeness (QED) is 0.483. The summed E-state index contributed by atoms with van der Waals surface area (Å²) in [5.41, 5.74) is 2.59. The summed E-state index contributed by atoms with van der Waals surface area (Å²) in [4.78, 5) is 13.1.